The van der Waals surface area contributed by atoms with Crippen LogP contribution in [-0.4, -0.2) is 5.91 Å². The summed E-state index contributed by atoms with van der Waals surface area (Å²) in [6.45, 7) is 16.8. The maximum Gasteiger partial charge on any atom is 0.214 e. The van der Waals surface area contributed by atoms with Gasteiger partial charge in [-0.3, -0.25) is 4.79 Å². The molecule has 2 nitrogen and oxygen atoms in total. The fraction of sp³-hybridized carbons (Fsp3) is 0.606. The molecule has 2 aromatic rings. The normalized spacial score (nSPS) is 9.17. The van der Waals surface area contributed by atoms with Gasteiger partial charge < -0.3 is 5.73 Å². The van der Waals surface area contributed by atoms with Crippen molar-refractivity contribution in [3.8, 4) is 0 Å². The smallest absolute Gasteiger partial charge is 0.214 e. The van der Waals surface area contributed by atoms with Gasteiger partial charge in [0.05, 0.1) is 0 Å². The Bertz CT molecular complexity index is 569. The van der Waals surface area contributed by atoms with E-state index in [0.29, 0.717) is 5.92 Å². The van der Waals surface area contributed by atoms with Crippen molar-refractivity contribution in [3.63, 3.8) is 0 Å². The minimum Gasteiger partial charge on any atom is -0.370 e. The maximum atomic E-state index is 9.22. The highest BCUT2D eigenvalue weighted by Crippen LogP contribution is 2.28. The van der Waals surface area contributed by atoms with Gasteiger partial charge in [0, 0.05) is 12.8 Å². The van der Waals surface area contributed by atoms with Crippen LogP contribution in [0.2, 0.25) is 0 Å². The first kappa shape index (κ1) is 37.5. The van der Waals surface area contributed by atoms with Crippen molar-refractivity contribution in [3.05, 3.63) is 71.8 Å². The molecule has 0 fully saturated rings. The van der Waals surface area contributed by atoms with E-state index in [1.807, 2.05) is 0 Å². The molecule has 0 aliphatic heterocycles. The van der Waals surface area contributed by atoms with E-state index in [-0.39, 0.29) is 5.91 Å². The third-order valence-electron chi connectivity index (χ3n) is 5.19. The van der Waals surface area contributed by atoms with Crippen LogP contribution >= 0.6 is 0 Å². The van der Waals surface area contributed by atoms with Gasteiger partial charge in [-0.1, -0.05) is 173 Å². The first-order valence-electron chi connectivity index (χ1n) is 14.2. The van der Waals surface area contributed by atoms with Crippen molar-refractivity contribution in [1.82, 2.24) is 0 Å². The monoisotopic (exact) mass is 485 g/mol. The van der Waals surface area contributed by atoms with Crippen molar-refractivity contribution in [2.45, 2.75) is 132 Å². The van der Waals surface area contributed by atoms with Gasteiger partial charge in [0.2, 0.25) is 5.91 Å². The number of primary amides is 1. The fourth-order valence-electron chi connectivity index (χ4n) is 2.86. The maximum absolute atomic E-state index is 9.22. The van der Waals surface area contributed by atoms with E-state index in [0.717, 1.165) is 0 Å². The Kier molecular flexibility index (Phi) is 34.2. The van der Waals surface area contributed by atoms with Gasteiger partial charge in [-0.25, -0.2) is 0 Å². The van der Waals surface area contributed by atoms with Gasteiger partial charge in [-0.05, 0) is 17.5 Å². The van der Waals surface area contributed by atoms with Crippen LogP contribution in [0.4, 0.5) is 0 Å². The number of hydrogen-bond acceptors (Lipinski definition) is 1. The molecule has 202 valence electrons. The predicted molar refractivity (Wildman–Crippen MR) is 160 cm³/mol. The minimum absolute atomic E-state index is 0.333. The molecule has 0 aromatic heterocycles. The lowest BCUT2D eigenvalue weighted by Gasteiger charge is -2.17. The summed E-state index contributed by atoms with van der Waals surface area (Å²) in [5.41, 5.74) is 7.33. The largest absolute Gasteiger partial charge is 0.370 e. The van der Waals surface area contributed by atoms with Crippen LogP contribution in [0.15, 0.2) is 60.7 Å². The highest BCUT2D eigenvalue weighted by Gasteiger charge is 2.11. The fourth-order valence-corrected chi connectivity index (χ4v) is 2.86. The van der Waals surface area contributed by atoms with Crippen molar-refractivity contribution in [2.75, 3.05) is 0 Å². The standard InChI is InChI=1S/C16H18.C7H16.2C4H10.C2H5NO/c1-2-9-16(14-10-5-3-6-11-14)15-12-7-4-8-13-15;1-3-5-7-6-4-2;2*1-3-4-2;1-2(3)4/h3-8,10-13,16H,2,9H2,1H3;3-7H2,1-2H3;2*3-4H2,1-2H3;1H3,(H2,3,4). The third kappa shape index (κ3) is 29.9. The summed E-state index contributed by atoms with van der Waals surface area (Å²) in [4.78, 5) is 9.22. The molecule has 0 unspecified atom stereocenters. The minimum atomic E-state index is -0.333. The van der Waals surface area contributed by atoms with Crippen LogP contribution in [0.1, 0.15) is 143 Å². The van der Waals surface area contributed by atoms with Crippen molar-refractivity contribution in [1.29, 1.82) is 0 Å². The summed E-state index contributed by atoms with van der Waals surface area (Å²) in [7, 11) is 0. The van der Waals surface area contributed by atoms with Crippen LogP contribution in [0.5, 0.6) is 0 Å². The lowest BCUT2D eigenvalue weighted by Crippen LogP contribution is -2.01. The summed E-state index contributed by atoms with van der Waals surface area (Å²) in [6, 6.07) is 21.6. The highest BCUT2D eigenvalue weighted by atomic mass is 16.1. The van der Waals surface area contributed by atoms with Crippen LogP contribution in [0, 0.1) is 0 Å². The summed E-state index contributed by atoms with van der Waals surface area (Å²) >= 11 is 0. The Hall–Kier alpha value is -2.09. The average Bonchev–Trinajstić information content (AvgIpc) is 2.89. The molecule has 2 N–H and O–H groups in total. The number of amides is 1. The van der Waals surface area contributed by atoms with E-state index >= 15 is 0 Å². The Labute approximate surface area is 220 Å². The zero-order valence-corrected chi connectivity index (χ0v) is 24.6. The molecule has 0 aliphatic rings. The number of hydrogen-bond donors (Lipinski definition) is 1. The number of benzene rings is 2. The number of unbranched alkanes of at least 4 members (excludes halogenated alkanes) is 6. The number of carbonyl (C=O) groups is 1. The molecule has 0 spiro atoms. The molecule has 35 heavy (non-hydrogen) atoms. The SMILES string of the molecule is CC(N)=O.CCCC.CCCC.CCCC(c1ccccc1)c1ccccc1.CCCCCCC. The molecule has 0 atom stereocenters. The quantitative estimate of drug-likeness (QED) is 0.334. The van der Waals surface area contributed by atoms with Crippen molar-refractivity contribution < 1.29 is 4.79 Å². The Morgan fingerprint density at radius 1 is 0.571 bits per heavy atom. The van der Waals surface area contributed by atoms with E-state index in [9.17, 15) is 4.79 Å². The molecular formula is C33H59NO. The summed E-state index contributed by atoms with van der Waals surface area (Å²) < 4.78 is 0. The number of carbonyl (C=O) groups excluding carboxylic acids is 1. The molecule has 2 rings (SSSR count). The molecule has 0 radical (unpaired) electrons. The molecule has 1 amide bonds. The van der Waals surface area contributed by atoms with E-state index in [4.69, 9.17) is 0 Å². The van der Waals surface area contributed by atoms with E-state index in [1.54, 1.807) is 0 Å². The topological polar surface area (TPSA) is 43.1 Å². The summed E-state index contributed by atoms with van der Waals surface area (Å²) in [5.74, 6) is 0.215. The Balaban J connectivity index is -0.000000448. The number of rotatable bonds is 10. The molecule has 0 aliphatic carbocycles. The lowest BCUT2D eigenvalue weighted by atomic mass is 9.88. The van der Waals surface area contributed by atoms with Gasteiger partial charge in [0.15, 0.2) is 0 Å². The predicted octanol–water partition coefficient (Wildman–Crippen LogP) is 10.7. The third-order valence-corrected chi connectivity index (χ3v) is 5.19. The van der Waals surface area contributed by atoms with E-state index in [1.165, 1.54) is 88.7 Å². The molecular weight excluding hydrogens is 426 g/mol. The summed E-state index contributed by atoms with van der Waals surface area (Å²) in [6.07, 6.45) is 14.7. The molecule has 2 heteroatoms. The highest BCUT2D eigenvalue weighted by molar-refractivity contribution is 5.70. The van der Waals surface area contributed by atoms with Crippen molar-refractivity contribution in [2.24, 2.45) is 5.73 Å². The molecule has 2 aromatic carbocycles. The zero-order valence-electron chi connectivity index (χ0n) is 24.6. The second-order valence-electron chi connectivity index (χ2n) is 8.83. The number of nitrogens with two attached hydrogens (primary N) is 1. The molecule has 0 saturated heterocycles. The van der Waals surface area contributed by atoms with Gasteiger partial charge in [0.1, 0.15) is 0 Å². The van der Waals surface area contributed by atoms with Crippen LogP contribution in [-0.2, 0) is 4.79 Å². The van der Waals surface area contributed by atoms with Gasteiger partial charge >= 0.3 is 0 Å². The average molecular weight is 486 g/mol. The van der Waals surface area contributed by atoms with Gasteiger partial charge in [-0.15, -0.1) is 0 Å². The van der Waals surface area contributed by atoms with Crippen LogP contribution < -0.4 is 5.73 Å². The molecule has 0 heterocycles. The second kappa shape index (κ2) is 31.9. The van der Waals surface area contributed by atoms with E-state index < -0.39 is 0 Å². The molecule has 0 bridgehead atoms. The molecule has 0 saturated carbocycles. The first-order chi connectivity index (χ1) is 16.9. The van der Waals surface area contributed by atoms with Gasteiger partial charge in [0.25, 0.3) is 0 Å². The Morgan fingerprint density at radius 3 is 1.11 bits per heavy atom. The first-order valence-corrected chi connectivity index (χ1v) is 14.2. The lowest BCUT2D eigenvalue weighted by molar-refractivity contribution is -0.115. The Morgan fingerprint density at radius 2 is 0.886 bits per heavy atom. The van der Waals surface area contributed by atoms with Gasteiger partial charge in [-0.2, -0.15) is 0 Å². The zero-order chi connectivity index (χ0) is 27.2. The second-order valence-corrected chi connectivity index (χ2v) is 8.83. The van der Waals surface area contributed by atoms with E-state index in [2.05, 4.69) is 115 Å². The van der Waals surface area contributed by atoms with Crippen LogP contribution in [0.3, 0.4) is 0 Å². The summed E-state index contributed by atoms with van der Waals surface area (Å²) in [5, 5.41) is 0. The van der Waals surface area contributed by atoms with Crippen molar-refractivity contribution >= 4 is 5.91 Å². The van der Waals surface area contributed by atoms with Crippen LogP contribution in [0.25, 0.3) is 0 Å².